The summed E-state index contributed by atoms with van der Waals surface area (Å²) in [7, 11) is -3.71. The molecule has 0 N–H and O–H groups in total. The summed E-state index contributed by atoms with van der Waals surface area (Å²) in [4.78, 5) is 26.0. The number of hydrogen-bond acceptors (Lipinski definition) is 5. The number of sulfonamides is 1. The highest BCUT2D eigenvalue weighted by atomic mass is 32.2. The van der Waals surface area contributed by atoms with E-state index in [4.69, 9.17) is 4.74 Å². The lowest BCUT2D eigenvalue weighted by molar-refractivity contribution is -0.132. The van der Waals surface area contributed by atoms with E-state index in [1.54, 1.807) is 17.0 Å². The molecule has 178 valence electrons. The molecular formula is C26H28N2O5S. The molecule has 1 aliphatic heterocycles. The average molecular weight is 481 g/mol. The number of ketones is 1. The van der Waals surface area contributed by atoms with Crippen LogP contribution in [0.25, 0.3) is 10.8 Å². The second-order valence-electron chi connectivity index (χ2n) is 8.30. The van der Waals surface area contributed by atoms with Gasteiger partial charge in [0.05, 0.1) is 11.5 Å². The summed E-state index contributed by atoms with van der Waals surface area (Å²) >= 11 is 0. The van der Waals surface area contributed by atoms with E-state index in [0.717, 1.165) is 16.5 Å². The number of carbonyl (C=O) groups is 2. The molecule has 3 aromatic rings. The topological polar surface area (TPSA) is 84.0 Å². The molecular weight excluding hydrogens is 452 g/mol. The lowest BCUT2D eigenvalue weighted by atomic mass is 10.1. The first-order valence-electron chi connectivity index (χ1n) is 11.4. The predicted molar refractivity (Wildman–Crippen MR) is 130 cm³/mol. The summed E-state index contributed by atoms with van der Waals surface area (Å²) in [5, 5.41) is 2.15. The van der Waals surface area contributed by atoms with Crippen LogP contribution in [0.4, 0.5) is 0 Å². The van der Waals surface area contributed by atoms with E-state index in [9.17, 15) is 18.0 Å². The molecule has 34 heavy (non-hydrogen) atoms. The minimum atomic E-state index is -3.71. The first kappa shape index (κ1) is 23.9. The van der Waals surface area contributed by atoms with E-state index in [0.29, 0.717) is 38.1 Å². The van der Waals surface area contributed by atoms with Crippen molar-refractivity contribution in [3.63, 3.8) is 0 Å². The van der Waals surface area contributed by atoms with Crippen molar-refractivity contribution in [2.24, 2.45) is 0 Å². The molecule has 4 rings (SSSR count). The zero-order chi connectivity index (χ0) is 24.1. The number of hydrogen-bond donors (Lipinski definition) is 0. The van der Waals surface area contributed by atoms with Gasteiger partial charge < -0.3 is 9.64 Å². The number of piperazine rings is 1. The molecule has 3 aromatic carbocycles. The van der Waals surface area contributed by atoms with Gasteiger partial charge in [0.15, 0.2) is 5.78 Å². The van der Waals surface area contributed by atoms with Crippen molar-refractivity contribution >= 4 is 32.5 Å². The maximum Gasteiger partial charge on any atom is 0.243 e. The summed E-state index contributed by atoms with van der Waals surface area (Å²) in [6, 6.07) is 20.0. The smallest absolute Gasteiger partial charge is 0.243 e. The Bertz CT molecular complexity index is 1290. The van der Waals surface area contributed by atoms with E-state index in [2.05, 4.69) is 0 Å². The number of amides is 1. The lowest BCUT2D eigenvalue weighted by Crippen LogP contribution is -2.50. The monoisotopic (exact) mass is 480 g/mol. The minimum Gasteiger partial charge on any atom is -0.493 e. The Morgan fingerprint density at radius 1 is 0.912 bits per heavy atom. The van der Waals surface area contributed by atoms with Crippen molar-refractivity contribution in [2.75, 3.05) is 32.8 Å². The highest BCUT2D eigenvalue weighted by molar-refractivity contribution is 7.89. The largest absolute Gasteiger partial charge is 0.493 e. The third-order valence-electron chi connectivity index (χ3n) is 6.01. The first-order chi connectivity index (χ1) is 16.4. The number of fused-ring (bicyclic) bond motifs is 1. The van der Waals surface area contributed by atoms with Crippen LogP contribution >= 0.6 is 0 Å². The molecule has 0 aliphatic carbocycles. The maximum absolute atomic E-state index is 13.0. The standard InChI is InChI=1S/C26H28N2O5S/c1-20(29)22-9-4-10-23(19-22)34(31,32)28-16-14-27(15-17-28)26(30)13-6-18-33-25-12-5-8-21-7-2-3-11-24(21)25/h2-5,7-12,19H,6,13-18H2,1H3. The van der Waals surface area contributed by atoms with Crippen LogP contribution < -0.4 is 4.74 Å². The highest BCUT2D eigenvalue weighted by Crippen LogP contribution is 2.25. The molecule has 1 aliphatic rings. The minimum absolute atomic E-state index is 0.00264. The van der Waals surface area contributed by atoms with Gasteiger partial charge in [0, 0.05) is 43.5 Å². The Labute approximate surface area is 200 Å². The molecule has 0 radical (unpaired) electrons. The zero-order valence-electron chi connectivity index (χ0n) is 19.1. The zero-order valence-corrected chi connectivity index (χ0v) is 20.0. The number of nitrogens with zero attached hydrogens (tertiary/aromatic N) is 2. The quantitative estimate of drug-likeness (QED) is 0.362. The van der Waals surface area contributed by atoms with Gasteiger partial charge >= 0.3 is 0 Å². The molecule has 8 heteroatoms. The number of Topliss-reactive ketones (excluding diaryl/α,β-unsaturated/α-hetero) is 1. The summed E-state index contributed by atoms with van der Waals surface area (Å²) in [5.74, 6) is 0.618. The molecule has 0 atom stereocenters. The molecule has 0 bridgehead atoms. The number of carbonyl (C=O) groups excluding carboxylic acids is 2. The van der Waals surface area contributed by atoms with Crippen LogP contribution in [0.3, 0.4) is 0 Å². The van der Waals surface area contributed by atoms with Gasteiger partial charge in [-0.2, -0.15) is 4.31 Å². The Hall–Kier alpha value is -3.23. The maximum atomic E-state index is 13.0. The molecule has 0 aromatic heterocycles. The number of rotatable bonds is 8. The molecule has 0 saturated carbocycles. The SMILES string of the molecule is CC(=O)c1cccc(S(=O)(=O)N2CCN(C(=O)CCCOc3cccc4ccccc34)CC2)c1. The Kier molecular flexibility index (Phi) is 7.29. The number of benzene rings is 3. The molecule has 1 saturated heterocycles. The first-order valence-corrected chi connectivity index (χ1v) is 12.8. The summed E-state index contributed by atoms with van der Waals surface area (Å²) < 4.78 is 33.2. The van der Waals surface area contributed by atoms with Crippen LogP contribution in [0.15, 0.2) is 71.6 Å². The van der Waals surface area contributed by atoms with E-state index in [-0.39, 0.29) is 29.7 Å². The fourth-order valence-corrected chi connectivity index (χ4v) is 5.56. The second kappa shape index (κ2) is 10.4. The van der Waals surface area contributed by atoms with Crippen LogP contribution in [0.1, 0.15) is 30.1 Å². The molecule has 7 nitrogen and oxygen atoms in total. The number of ether oxygens (including phenoxy) is 1. The fraction of sp³-hybridized carbons (Fsp3) is 0.308. The molecule has 1 amide bonds. The van der Waals surface area contributed by atoms with Crippen LogP contribution in [-0.4, -0.2) is 62.1 Å². The van der Waals surface area contributed by atoms with Crippen molar-refractivity contribution < 1.29 is 22.7 Å². The van der Waals surface area contributed by atoms with Gasteiger partial charge in [-0.25, -0.2) is 8.42 Å². The van der Waals surface area contributed by atoms with Crippen LogP contribution in [-0.2, 0) is 14.8 Å². The Morgan fingerprint density at radius 3 is 2.38 bits per heavy atom. The van der Waals surface area contributed by atoms with Gasteiger partial charge in [-0.05, 0) is 36.9 Å². The van der Waals surface area contributed by atoms with Crippen LogP contribution in [0.5, 0.6) is 5.75 Å². The Morgan fingerprint density at radius 2 is 1.62 bits per heavy atom. The van der Waals surface area contributed by atoms with Crippen LogP contribution in [0.2, 0.25) is 0 Å². The van der Waals surface area contributed by atoms with Gasteiger partial charge in [0.1, 0.15) is 5.75 Å². The fourth-order valence-electron chi connectivity index (χ4n) is 4.09. The lowest BCUT2D eigenvalue weighted by Gasteiger charge is -2.34. The average Bonchev–Trinajstić information content (AvgIpc) is 2.86. The highest BCUT2D eigenvalue weighted by Gasteiger charge is 2.30. The van der Waals surface area contributed by atoms with Crippen molar-refractivity contribution in [1.82, 2.24) is 9.21 Å². The van der Waals surface area contributed by atoms with Crippen LogP contribution in [0, 0.1) is 0 Å². The van der Waals surface area contributed by atoms with E-state index >= 15 is 0 Å². The normalized spacial score (nSPS) is 14.8. The van der Waals surface area contributed by atoms with Gasteiger partial charge in [-0.15, -0.1) is 0 Å². The van der Waals surface area contributed by atoms with E-state index in [1.807, 2.05) is 42.5 Å². The van der Waals surface area contributed by atoms with Crippen molar-refractivity contribution in [3.8, 4) is 5.75 Å². The van der Waals surface area contributed by atoms with Gasteiger partial charge in [-0.3, -0.25) is 9.59 Å². The molecule has 0 unspecified atom stereocenters. The predicted octanol–water partition coefficient (Wildman–Crippen LogP) is 3.73. The molecule has 1 heterocycles. The van der Waals surface area contributed by atoms with E-state index in [1.165, 1.54) is 23.4 Å². The molecule has 1 fully saturated rings. The van der Waals surface area contributed by atoms with Gasteiger partial charge in [0.25, 0.3) is 0 Å². The van der Waals surface area contributed by atoms with Crippen molar-refractivity contribution in [2.45, 2.75) is 24.7 Å². The van der Waals surface area contributed by atoms with Crippen molar-refractivity contribution in [1.29, 1.82) is 0 Å². The molecule has 0 spiro atoms. The van der Waals surface area contributed by atoms with Gasteiger partial charge in [-0.1, -0.05) is 48.5 Å². The summed E-state index contributed by atoms with van der Waals surface area (Å²) in [6.45, 7) is 2.98. The van der Waals surface area contributed by atoms with Gasteiger partial charge in [0.2, 0.25) is 15.9 Å². The third kappa shape index (κ3) is 5.29. The summed E-state index contributed by atoms with van der Waals surface area (Å²) in [6.07, 6.45) is 0.927. The summed E-state index contributed by atoms with van der Waals surface area (Å²) in [5.41, 5.74) is 0.362. The van der Waals surface area contributed by atoms with E-state index < -0.39 is 10.0 Å². The van der Waals surface area contributed by atoms with Crippen molar-refractivity contribution in [3.05, 3.63) is 72.3 Å². The third-order valence-corrected chi connectivity index (χ3v) is 7.91. The Balaban J connectivity index is 1.26. The second-order valence-corrected chi connectivity index (χ2v) is 10.2.